The number of hydrogen-bond acceptors (Lipinski definition) is 5. The molecule has 1 aliphatic heterocycles. The molecular formula is C23H23FN4O3. The van der Waals surface area contributed by atoms with Gasteiger partial charge >= 0.3 is 0 Å². The first-order valence-corrected chi connectivity index (χ1v) is 10.3. The number of benzene rings is 2. The number of amides is 2. The van der Waals surface area contributed by atoms with Crippen LogP contribution in [0.1, 0.15) is 41.1 Å². The van der Waals surface area contributed by atoms with Crippen molar-refractivity contribution in [2.24, 2.45) is 0 Å². The first-order valence-electron chi connectivity index (χ1n) is 10.3. The Balaban J connectivity index is 1.34. The number of nitrogens with one attached hydrogen (secondary N) is 1. The highest BCUT2D eigenvalue weighted by molar-refractivity contribution is 5.96. The van der Waals surface area contributed by atoms with Gasteiger partial charge in [-0.1, -0.05) is 17.3 Å². The van der Waals surface area contributed by atoms with E-state index in [2.05, 4.69) is 15.5 Å². The molecule has 2 aromatic carbocycles. The monoisotopic (exact) mass is 422 g/mol. The van der Waals surface area contributed by atoms with Gasteiger partial charge < -0.3 is 14.7 Å². The molecule has 2 amide bonds. The van der Waals surface area contributed by atoms with E-state index >= 15 is 0 Å². The molecule has 31 heavy (non-hydrogen) atoms. The molecule has 0 saturated carbocycles. The number of carbonyl (C=O) groups is 2. The summed E-state index contributed by atoms with van der Waals surface area (Å²) in [7, 11) is 0. The topological polar surface area (TPSA) is 88.3 Å². The lowest BCUT2D eigenvalue weighted by atomic mass is 10.1. The summed E-state index contributed by atoms with van der Waals surface area (Å²) < 4.78 is 19.0. The van der Waals surface area contributed by atoms with Gasteiger partial charge in [0.05, 0.1) is 5.56 Å². The number of carbonyl (C=O) groups excluding carboxylic acids is 2. The molecule has 1 fully saturated rings. The molecule has 4 rings (SSSR count). The average molecular weight is 422 g/mol. The quantitative estimate of drug-likeness (QED) is 0.649. The van der Waals surface area contributed by atoms with E-state index in [-0.39, 0.29) is 41.9 Å². The molecule has 1 aromatic heterocycles. The van der Waals surface area contributed by atoms with Crippen LogP contribution in [-0.4, -0.2) is 39.9 Å². The van der Waals surface area contributed by atoms with Crippen LogP contribution in [0.15, 0.2) is 47.0 Å². The van der Waals surface area contributed by atoms with Gasteiger partial charge in [-0.25, -0.2) is 4.39 Å². The van der Waals surface area contributed by atoms with Crippen molar-refractivity contribution in [1.82, 2.24) is 15.0 Å². The predicted molar refractivity (Wildman–Crippen MR) is 113 cm³/mol. The maximum Gasteiger partial charge on any atom is 0.253 e. The van der Waals surface area contributed by atoms with Crippen molar-refractivity contribution < 1.29 is 18.5 Å². The van der Waals surface area contributed by atoms with Gasteiger partial charge in [-0.2, -0.15) is 4.98 Å². The Labute approximate surface area is 179 Å². The van der Waals surface area contributed by atoms with Crippen molar-refractivity contribution in [2.45, 2.75) is 32.6 Å². The zero-order chi connectivity index (χ0) is 21.8. The smallest absolute Gasteiger partial charge is 0.253 e. The van der Waals surface area contributed by atoms with Crippen LogP contribution < -0.4 is 5.32 Å². The predicted octanol–water partition coefficient (Wildman–Crippen LogP) is 3.99. The van der Waals surface area contributed by atoms with Crippen molar-refractivity contribution >= 4 is 17.5 Å². The van der Waals surface area contributed by atoms with Gasteiger partial charge in [-0.15, -0.1) is 0 Å². The molecule has 7 nitrogen and oxygen atoms in total. The third-order valence-electron chi connectivity index (χ3n) is 5.29. The second kappa shape index (κ2) is 9.07. The Morgan fingerprint density at radius 1 is 1.16 bits per heavy atom. The molecular weight excluding hydrogens is 399 g/mol. The summed E-state index contributed by atoms with van der Waals surface area (Å²) in [5, 5.41) is 6.64. The Morgan fingerprint density at radius 3 is 2.68 bits per heavy atom. The van der Waals surface area contributed by atoms with Crippen LogP contribution in [0, 0.1) is 12.7 Å². The van der Waals surface area contributed by atoms with Crippen LogP contribution in [0.5, 0.6) is 0 Å². The number of likely N-dealkylation sites (tertiary alicyclic amines) is 1. The standard InChI is InChI=1S/C23H23FN4O3/c1-15-14-16(23(30)28-12-4-5-13-28)8-9-19(15)25-20(29)10-11-21-26-22(27-31-21)17-6-2-3-7-18(17)24/h2-3,6-9,14H,4-5,10-13H2,1H3,(H,25,29). The van der Waals surface area contributed by atoms with Crippen molar-refractivity contribution in [1.29, 1.82) is 0 Å². The van der Waals surface area contributed by atoms with E-state index in [4.69, 9.17) is 4.52 Å². The van der Waals surface area contributed by atoms with E-state index < -0.39 is 5.82 Å². The van der Waals surface area contributed by atoms with Crippen molar-refractivity contribution in [2.75, 3.05) is 18.4 Å². The fraction of sp³-hybridized carbons (Fsp3) is 0.304. The molecule has 0 spiro atoms. The molecule has 1 saturated heterocycles. The first kappa shape index (κ1) is 20.7. The summed E-state index contributed by atoms with van der Waals surface area (Å²) in [6, 6.07) is 11.5. The largest absolute Gasteiger partial charge is 0.339 e. The van der Waals surface area contributed by atoms with E-state index in [1.165, 1.54) is 6.07 Å². The van der Waals surface area contributed by atoms with E-state index in [1.807, 2.05) is 11.8 Å². The van der Waals surface area contributed by atoms with Crippen LogP contribution in [0.4, 0.5) is 10.1 Å². The Bertz CT molecular complexity index is 1110. The third-order valence-corrected chi connectivity index (χ3v) is 5.29. The Kier molecular flexibility index (Phi) is 6.06. The summed E-state index contributed by atoms with van der Waals surface area (Å²) >= 11 is 0. The van der Waals surface area contributed by atoms with Crippen LogP contribution in [0.25, 0.3) is 11.4 Å². The molecule has 0 bridgehead atoms. The molecule has 3 aromatic rings. The number of rotatable bonds is 6. The number of halogens is 1. The highest BCUT2D eigenvalue weighted by Crippen LogP contribution is 2.21. The highest BCUT2D eigenvalue weighted by Gasteiger charge is 2.20. The van der Waals surface area contributed by atoms with E-state index in [0.717, 1.165) is 31.5 Å². The molecule has 0 unspecified atom stereocenters. The first-order chi connectivity index (χ1) is 15.0. The molecule has 160 valence electrons. The maximum absolute atomic E-state index is 13.8. The molecule has 8 heteroatoms. The molecule has 1 N–H and O–H groups in total. The Hall–Kier alpha value is -3.55. The van der Waals surface area contributed by atoms with E-state index in [9.17, 15) is 14.0 Å². The van der Waals surface area contributed by atoms with Gasteiger partial charge in [-0.3, -0.25) is 9.59 Å². The number of aromatic nitrogens is 2. The summed E-state index contributed by atoms with van der Waals surface area (Å²) in [4.78, 5) is 30.9. The number of hydrogen-bond donors (Lipinski definition) is 1. The number of nitrogens with zero attached hydrogens (tertiary/aromatic N) is 3. The zero-order valence-electron chi connectivity index (χ0n) is 17.2. The van der Waals surface area contributed by atoms with Gasteiger partial charge in [0.25, 0.3) is 5.91 Å². The summed E-state index contributed by atoms with van der Waals surface area (Å²) in [5.74, 6) is -0.207. The van der Waals surface area contributed by atoms with Gasteiger partial charge in [0.15, 0.2) is 0 Å². The Morgan fingerprint density at radius 2 is 1.94 bits per heavy atom. The van der Waals surface area contributed by atoms with E-state index in [1.54, 1.807) is 36.4 Å². The van der Waals surface area contributed by atoms with Gasteiger partial charge in [0.2, 0.25) is 17.6 Å². The molecule has 1 aliphatic rings. The summed E-state index contributed by atoms with van der Waals surface area (Å²) in [6.45, 7) is 3.45. The average Bonchev–Trinajstić information content (AvgIpc) is 3.46. The summed E-state index contributed by atoms with van der Waals surface area (Å²) in [6.07, 6.45) is 2.45. The molecule has 0 aliphatic carbocycles. The second-order valence-corrected chi connectivity index (χ2v) is 7.57. The SMILES string of the molecule is Cc1cc(C(=O)N2CCCC2)ccc1NC(=O)CCc1nc(-c2ccccc2F)no1. The molecule has 2 heterocycles. The minimum Gasteiger partial charge on any atom is -0.339 e. The van der Waals surface area contributed by atoms with Crippen molar-refractivity contribution in [3.63, 3.8) is 0 Å². The lowest BCUT2D eigenvalue weighted by Crippen LogP contribution is -2.27. The minimum atomic E-state index is -0.435. The lowest BCUT2D eigenvalue weighted by molar-refractivity contribution is -0.116. The fourth-order valence-corrected chi connectivity index (χ4v) is 3.58. The van der Waals surface area contributed by atoms with E-state index in [0.29, 0.717) is 11.3 Å². The molecule has 0 atom stereocenters. The number of aryl methyl sites for hydroxylation is 2. The fourth-order valence-electron chi connectivity index (χ4n) is 3.58. The maximum atomic E-state index is 13.8. The van der Waals surface area contributed by atoms with Crippen LogP contribution in [0.3, 0.4) is 0 Å². The highest BCUT2D eigenvalue weighted by atomic mass is 19.1. The molecule has 0 radical (unpaired) electrons. The van der Waals surface area contributed by atoms with Gasteiger partial charge in [0.1, 0.15) is 5.82 Å². The van der Waals surface area contributed by atoms with Gasteiger partial charge in [0, 0.05) is 37.2 Å². The van der Waals surface area contributed by atoms with Crippen molar-refractivity contribution in [3.05, 3.63) is 65.3 Å². The van der Waals surface area contributed by atoms with Crippen LogP contribution in [0.2, 0.25) is 0 Å². The summed E-state index contributed by atoms with van der Waals surface area (Å²) in [5.41, 5.74) is 2.35. The number of anilines is 1. The lowest BCUT2D eigenvalue weighted by Gasteiger charge is -2.16. The minimum absolute atomic E-state index is 0.0283. The van der Waals surface area contributed by atoms with Gasteiger partial charge in [-0.05, 0) is 55.7 Å². The van der Waals surface area contributed by atoms with Crippen LogP contribution >= 0.6 is 0 Å². The normalized spacial score (nSPS) is 13.4. The van der Waals surface area contributed by atoms with Crippen molar-refractivity contribution in [3.8, 4) is 11.4 Å². The van der Waals surface area contributed by atoms with Crippen LogP contribution in [-0.2, 0) is 11.2 Å². The second-order valence-electron chi connectivity index (χ2n) is 7.57. The zero-order valence-corrected chi connectivity index (χ0v) is 17.2. The third kappa shape index (κ3) is 4.79.